The molecule has 3 rings (SSSR count). The fourth-order valence-corrected chi connectivity index (χ4v) is 2.83. The van der Waals surface area contributed by atoms with E-state index in [1.807, 2.05) is 25.4 Å². The Bertz CT molecular complexity index is 604. The molecule has 0 N–H and O–H groups in total. The van der Waals surface area contributed by atoms with Gasteiger partial charge in [-0.1, -0.05) is 17.7 Å². The summed E-state index contributed by atoms with van der Waals surface area (Å²) >= 11 is 6.26. The van der Waals surface area contributed by atoms with Crippen LogP contribution in [0.5, 0.6) is 5.75 Å². The normalized spacial score (nSPS) is 15.3. The summed E-state index contributed by atoms with van der Waals surface area (Å²) in [6, 6.07) is 4.09. The summed E-state index contributed by atoms with van der Waals surface area (Å²) in [5.41, 5.74) is 3.40. The van der Waals surface area contributed by atoms with Gasteiger partial charge in [0.05, 0.1) is 5.02 Å². The Kier molecular flexibility index (Phi) is 3.85. The highest BCUT2D eigenvalue weighted by molar-refractivity contribution is 6.32. The molecule has 1 aromatic carbocycles. The molecule has 2 heterocycles. The molecule has 5 heteroatoms. The number of benzene rings is 1. The summed E-state index contributed by atoms with van der Waals surface area (Å²) < 4.78 is 5.80. The second-order valence-corrected chi connectivity index (χ2v) is 5.45. The average molecular weight is 290 g/mol. The molecule has 0 spiro atoms. The molecule has 4 nitrogen and oxygen atoms in total. The Labute approximate surface area is 123 Å². The highest BCUT2D eigenvalue weighted by atomic mass is 35.5. The lowest BCUT2D eigenvalue weighted by molar-refractivity contribution is 0.219. The Balaban J connectivity index is 1.82. The highest BCUT2D eigenvalue weighted by Gasteiger charge is 2.18. The maximum absolute atomic E-state index is 6.26. The van der Waals surface area contributed by atoms with E-state index in [0.29, 0.717) is 11.6 Å². The molecular formula is C15H16ClN3O. The van der Waals surface area contributed by atoms with Gasteiger partial charge in [0.15, 0.2) is 0 Å². The van der Waals surface area contributed by atoms with Crippen LogP contribution in [-0.4, -0.2) is 28.0 Å². The van der Waals surface area contributed by atoms with Gasteiger partial charge in [0.1, 0.15) is 18.7 Å². The van der Waals surface area contributed by atoms with E-state index < -0.39 is 0 Å². The smallest absolute Gasteiger partial charge is 0.142 e. The number of ether oxygens (including phenoxy) is 1. The van der Waals surface area contributed by atoms with E-state index in [9.17, 15) is 0 Å². The van der Waals surface area contributed by atoms with Crippen molar-refractivity contribution in [2.75, 3.05) is 13.2 Å². The topological polar surface area (TPSA) is 38.2 Å². The molecule has 1 aromatic heterocycles. The number of hydrogen-bond donors (Lipinski definition) is 0. The van der Waals surface area contributed by atoms with Gasteiger partial charge in [-0.3, -0.25) is 4.90 Å². The van der Waals surface area contributed by atoms with Crippen molar-refractivity contribution in [2.45, 2.75) is 20.0 Å². The minimum atomic E-state index is 0.642. The minimum absolute atomic E-state index is 0.642. The van der Waals surface area contributed by atoms with Crippen molar-refractivity contribution in [1.29, 1.82) is 0 Å². The van der Waals surface area contributed by atoms with Gasteiger partial charge in [-0.2, -0.15) is 0 Å². The fourth-order valence-electron chi connectivity index (χ4n) is 2.48. The lowest BCUT2D eigenvalue weighted by atomic mass is 10.1. The summed E-state index contributed by atoms with van der Waals surface area (Å²) in [7, 11) is 0. The number of nitrogens with zero attached hydrogens (tertiary/aromatic N) is 3. The monoisotopic (exact) mass is 289 g/mol. The predicted octanol–water partition coefficient (Wildman–Crippen LogP) is 2.83. The Morgan fingerprint density at radius 1 is 1.30 bits per heavy atom. The van der Waals surface area contributed by atoms with Crippen molar-refractivity contribution in [1.82, 2.24) is 14.9 Å². The maximum Gasteiger partial charge on any atom is 0.142 e. The highest BCUT2D eigenvalue weighted by Crippen LogP contribution is 2.33. The molecule has 0 unspecified atom stereocenters. The number of halogens is 1. The Hall–Kier alpha value is -1.65. The molecule has 0 atom stereocenters. The molecule has 104 valence electrons. The van der Waals surface area contributed by atoms with Crippen LogP contribution in [0.25, 0.3) is 0 Å². The molecule has 0 aliphatic carbocycles. The third-order valence-corrected chi connectivity index (χ3v) is 3.61. The molecule has 1 aliphatic heterocycles. The molecule has 0 radical (unpaired) electrons. The van der Waals surface area contributed by atoms with E-state index in [0.717, 1.165) is 42.1 Å². The third kappa shape index (κ3) is 2.92. The molecule has 0 bridgehead atoms. The minimum Gasteiger partial charge on any atom is -0.490 e. The second-order valence-electron chi connectivity index (χ2n) is 5.04. The Morgan fingerprint density at radius 3 is 2.90 bits per heavy atom. The molecule has 0 saturated carbocycles. The van der Waals surface area contributed by atoms with Crippen molar-refractivity contribution >= 4 is 11.6 Å². The van der Waals surface area contributed by atoms with Gasteiger partial charge in [-0.15, -0.1) is 0 Å². The molecule has 0 amide bonds. The van der Waals surface area contributed by atoms with E-state index in [4.69, 9.17) is 16.3 Å². The van der Waals surface area contributed by atoms with Crippen molar-refractivity contribution in [3.05, 3.63) is 52.6 Å². The predicted molar refractivity (Wildman–Crippen MR) is 77.8 cm³/mol. The van der Waals surface area contributed by atoms with Gasteiger partial charge >= 0.3 is 0 Å². The molecule has 2 aromatic rings. The van der Waals surface area contributed by atoms with Crippen molar-refractivity contribution < 1.29 is 4.74 Å². The zero-order valence-corrected chi connectivity index (χ0v) is 12.1. The number of fused-ring (bicyclic) bond motifs is 1. The average Bonchev–Trinajstić information content (AvgIpc) is 2.62. The van der Waals surface area contributed by atoms with Gasteiger partial charge in [0.2, 0.25) is 0 Å². The summed E-state index contributed by atoms with van der Waals surface area (Å²) in [5, 5.41) is 0.699. The van der Waals surface area contributed by atoms with Crippen LogP contribution in [0, 0.1) is 6.92 Å². The van der Waals surface area contributed by atoms with Crippen LogP contribution in [0.1, 0.15) is 16.7 Å². The Morgan fingerprint density at radius 2 is 2.10 bits per heavy atom. The number of aromatic nitrogens is 2. The first-order valence-corrected chi connectivity index (χ1v) is 6.98. The standard InChI is InChI=1S/C15H16ClN3O/c1-11-4-13-9-19(8-12-6-17-10-18-7-12)2-3-20-15(13)14(16)5-11/h4-7,10H,2-3,8-9H2,1H3. The van der Waals surface area contributed by atoms with Gasteiger partial charge in [0, 0.05) is 43.2 Å². The van der Waals surface area contributed by atoms with E-state index in [1.165, 1.54) is 0 Å². The van der Waals surface area contributed by atoms with Gasteiger partial charge in [-0.25, -0.2) is 9.97 Å². The largest absolute Gasteiger partial charge is 0.490 e. The first-order valence-electron chi connectivity index (χ1n) is 6.60. The summed E-state index contributed by atoms with van der Waals surface area (Å²) in [6.07, 6.45) is 5.25. The van der Waals surface area contributed by atoms with Crippen LogP contribution in [0.15, 0.2) is 30.9 Å². The molecule has 20 heavy (non-hydrogen) atoms. The fraction of sp³-hybridized carbons (Fsp3) is 0.333. The molecule has 1 aliphatic rings. The molecule has 0 saturated heterocycles. The quantitative estimate of drug-likeness (QED) is 0.852. The number of rotatable bonds is 2. The summed E-state index contributed by atoms with van der Waals surface area (Å²) in [5.74, 6) is 0.823. The van der Waals surface area contributed by atoms with Crippen LogP contribution in [-0.2, 0) is 13.1 Å². The van der Waals surface area contributed by atoms with Gasteiger partial charge in [-0.05, 0) is 18.6 Å². The van der Waals surface area contributed by atoms with Crippen LogP contribution in [0.4, 0.5) is 0 Å². The lowest BCUT2D eigenvalue weighted by Crippen LogP contribution is -2.25. The van der Waals surface area contributed by atoms with Gasteiger partial charge in [0.25, 0.3) is 0 Å². The lowest BCUT2D eigenvalue weighted by Gasteiger charge is -2.19. The number of aryl methyl sites for hydroxylation is 1. The van der Waals surface area contributed by atoms with Crippen molar-refractivity contribution in [3.63, 3.8) is 0 Å². The van der Waals surface area contributed by atoms with Crippen LogP contribution in [0.3, 0.4) is 0 Å². The van der Waals surface area contributed by atoms with Crippen LogP contribution in [0.2, 0.25) is 5.02 Å². The van der Waals surface area contributed by atoms with Crippen molar-refractivity contribution in [3.8, 4) is 5.75 Å². The van der Waals surface area contributed by atoms with Gasteiger partial charge < -0.3 is 4.74 Å². The van der Waals surface area contributed by atoms with E-state index in [2.05, 4.69) is 20.9 Å². The van der Waals surface area contributed by atoms with Crippen LogP contribution >= 0.6 is 11.6 Å². The molecular weight excluding hydrogens is 274 g/mol. The maximum atomic E-state index is 6.26. The van der Waals surface area contributed by atoms with E-state index >= 15 is 0 Å². The summed E-state index contributed by atoms with van der Waals surface area (Å²) in [6.45, 7) is 5.19. The third-order valence-electron chi connectivity index (χ3n) is 3.33. The molecule has 0 fully saturated rings. The van der Waals surface area contributed by atoms with E-state index in [1.54, 1.807) is 6.33 Å². The zero-order chi connectivity index (χ0) is 13.9. The summed E-state index contributed by atoms with van der Waals surface area (Å²) in [4.78, 5) is 10.4. The van der Waals surface area contributed by atoms with E-state index in [-0.39, 0.29) is 0 Å². The van der Waals surface area contributed by atoms with Crippen molar-refractivity contribution in [2.24, 2.45) is 0 Å². The number of hydrogen-bond acceptors (Lipinski definition) is 4. The SMILES string of the molecule is Cc1cc(Cl)c2c(c1)CN(Cc1cncnc1)CCO2. The first-order chi connectivity index (χ1) is 9.72. The zero-order valence-electron chi connectivity index (χ0n) is 11.3. The second kappa shape index (κ2) is 5.77. The first kappa shape index (κ1) is 13.3. The van der Waals surface area contributed by atoms with Crippen LogP contribution < -0.4 is 4.74 Å².